The number of benzene rings is 2. The summed E-state index contributed by atoms with van der Waals surface area (Å²) < 4.78 is 13.8. The van der Waals surface area contributed by atoms with Crippen molar-refractivity contribution in [3.63, 3.8) is 0 Å². The van der Waals surface area contributed by atoms with Gasteiger partial charge in [-0.05, 0) is 58.1 Å². The molecule has 2 aromatic rings. The second-order valence-electron chi connectivity index (χ2n) is 3.83. The lowest BCUT2D eigenvalue weighted by atomic mass is 10.2. The van der Waals surface area contributed by atoms with E-state index in [1.165, 1.54) is 16.5 Å². The molecule has 0 bridgehead atoms. The molecule has 2 aromatic carbocycles. The minimum atomic E-state index is -0.252. The zero-order valence-electron chi connectivity index (χ0n) is 9.91. The zero-order valence-corrected chi connectivity index (χ0v) is 12.3. The van der Waals surface area contributed by atoms with Crippen LogP contribution in [0.1, 0.15) is 5.56 Å². The highest BCUT2D eigenvalue weighted by molar-refractivity contribution is 9.10. The molecule has 94 valence electrons. The molecule has 0 aliphatic heterocycles. The first-order valence-electron chi connectivity index (χ1n) is 5.51. The van der Waals surface area contributed by atoms with E-state index in [-0.39, 0.29) is 5.82 Å². The van der Waals surface area contributed by atoms with Crippen LogP contribution in [0, 0.1) is 5.82 Å². The number of rotatable bonds is 4. The average molecular weight is 326 g/mol. The largest absolute Gasteiger partial charge is 0.381 e. The lowest BCUT2D eigenvalue weighted by Crippen LogP contribution is -1.99. The third-order valence-corrected chi connectivity index (χ3v) is 3.96. The normalized spacial score (nSPS) is 10.4. The van der Waals surface area contributed by atoms with Crippen molar-refractivity contribution in [2.75, 3.05) is 11.6 Å². The van der Waals surface area contributed by atoms with Gasteiger partial charge in [0.25, 0.3) is 0 Å². The standard InChI is InChI=1S/C14H13BrFNS/c1-18-12-5-2-10(3-6-12)9-17-11-4-7-13(15)14(16)8-11/h2-8,17H,9H2,1H3. The van der Waals surface area contributed by atoms with Crippen molar-refractivity contribution >= 4 is 33.4 Å². The van der Waals surface area contributed by atoms with Crippen LogP contribution in [-0.2, 0) is 6.54 Å². The number of hydrogen-bond donors (Lipinski definition) is 1. The lowest BCUT2D eigenvalue weighted by Gasteiger charge is -2.07. The molecule has 0 spiro atoms. The van der Waals surface area contributed by atoms with E-state index in [0.29, 0.717) is 11.0 Å². The lowest BCUT2D eigenvalue weighted by molar-refractivity contribution is 0.621. The van der Waals surface area contributed by atoms with Gasteiger partial charge in [0.1, 0.15) is 5.82 Å². The maximum absolute atomic E-state index is 13.3. The van der Waals surface area contributed by atoms with Gasteiger partial charge in [0.15, 0.2) is 0 Å². The van der Waals surface area contributed by atoms with Gasteiger partial charge in [-0.2, -0.15) is 0 Å². The summed E-state index contributed by atoms with van der Waals surface area (Å²) in [4.78, 5) is 1.24. The maximum Gasteiger partial charge on any atom is 0.139 e. The van der Waals surface area contributed by atoms with Crippen LogP contribution >= 0.6 is 27.7 Å². The van der Waals surface area contributed by atoms with Gasteiger partial charge in [-0.15, -0.1) is 11.8 Å². The van der Waals surface area contributed by atoms with E-state index in [1.54, 1.807) is 17.8 Å². The van der Waals surface area contributed by atoms with E-state index in [2.05, 4.69) is 51.8 Å². The smallest absolute Gasteiger partial charge is 0.139 e. The maximum atomic E-state index is 13.3. The Bertz CT molecular complexity index is 528. The van der Waals surface area contributed by atoms with E-state index in [4.69, 9.17) is 0 Å². The summed E-state index contributed by atoms with van der Waals surface area (Å²) in [5.41, 5.74) is 1.96. The van der Waals surface area contributed by atoms with Gasteiger partial charge in [-0.3, -0.25) is 0 Å². The highest BCUT2D eigenvalue weighted by Gasteiger charge is 2.00. The van der Waals surface area contributed by atoms with Gasteiger partial charge >= 0.3 is 0 Å². The van der Waals surface area contributed by atoms with Gasteiger partial charge in [0.2, 0.25) is 0 Å². The number of hydrogen-bond acceptors (Lipinski definition) is 2. The van der Waals surface area contributed by atoms with Crippen LogP contribution in [0.15, 0.2) is 51.8 Å². The third kappa shape index (κ3) is 3.50. The summed E-state index contributed by atoms with van der Waals surface area (Å²) in [7, 11) is 0. The monoisotopic (exact) mass is 325 g/mol. The molecule has 0 aliphatic carbocycles. The van der Waals surface area contributed by atoms with E-state index < -0.39 is 0 Å². The summed E-state index contributed by atoms with van der Waals surface area (Å²) in [5, 5.41) is 3.20. The van der Waals surface area contributed by atoms with Crippen LogP contribution < -0.4 is 5.32 Å². The molecular formula is C14H13BrFNS. The first kappa shape index (κ1) is 13.4. The average Bonchev–Trinajstić information content (AvgIpc) is 2.41. The molecule has 0 radical (unpaired) electrons. The van der Waals surface area contributed by atoms with Crippen molar-refractivity contribution in [1.82, 2.24) is 0 Å². The van der Waals surface area contributed by atoms with E-state index in [1.807, 2.05) is 6.07 Å². The topological polar surface area (TPSA) is 12.0 Å². The Morgan fingerprint density at radius 3 is 2.50 bits per heavy atom. The van der Waals surface area contributed by atoms with E-state index in [9.17, 15) is 4.39 Å². The van der Waals surface area contributed by atoms with Crippen molar-refractivity contribution in [2.24, 2.45) is 0 Å². The molecule has 1 N–H and O–H groups in total. The second kappa shape index (κ2) is 6.25. The fourth-order valence-electron chi connectivity index (χ4n) is 1.55. The van der Waals surface area contributed by atoms with Crippen LogP contribution in [0.5, 0.6) is 0 Å². The number of halogens is 2. The molecule has 0 saturated heterocycles. The van der Waals surface area contributed by atoms with Crippen LogP contribution in [0.4, 0.5) is 10.1 Å². The molecule has 0 saturated carbocycles. The minimum absolute atomic E-state index is 0.252. The first-order valence-corrected chi connectivity index (χ1v) is 7.52. The van der Waals surface area contributed by atoms with Gasteiger partial charge in [-0.1, -0.05) is 12.1 Å². The molecule has 0 atom stereocenters. The Morgan fingerprint density at radius 2 is 1.89 bits per heavy atom. The molecule has 0 unspecified atom stereocenters. The summed E-state index contributed by atoms with van der Waals surface area (Å²) in [6.07, 6.45) is 2.05. The van der Waals surface area contributed by atoms with Gasteiger partial charge in [0.05, 0.1) is 4.47 Å². The predicted molar refractivity (Wildman–Crippen MR) is 79.6 cm³/mol. The molecule has 0 aliphatic rings. The summed E-state index contributed by atoms with van der Waals surface area (Å²) in [6.45, 7) is 0.690. The molecule has 0 fully saturated rings. The Labute approximate surface area is 119 Å². The zero-order chi connectivity index (χ0) is 13.0. The van der Waals surface area contributed by atoms with E-state index >= 15 is 0 Å². The minimum Gasteiger partial charge on any atom is -0.381 e. The second-order valence-corrected chi connectivity index (χ2v) is 5.56. The molecule has 0 aromatic heterocycles. The SMILES string of the molecule is CSc1ccc(CNc2ccc(Br)c(F)c2)cc1. The first-order chi connectivity index (χ1) is 8.69. The highest BCUT2D eigenvalue weighted by Crippen LogP contribution is 2.20. The summed E-state index contributed by atoms with van der Waals surface area (Å²) >= 11 is 4.86. The van der Waals surface area contributed by atoms with Crippen molar-refractivity contribution in [1.29, 1.82) is 0 Å². The fraction of sp³-hybridized carbons (Fsp3) is 0.143. The van der Waals surface area contributed by atoms with Gasteiger partial charge in [-0.25, -0.2) is 4.39 Å². The van der Waals surface area contributed by atoms with Crippen molar-refractivity contribution in [3.8, 4) is 0 Å². The fourth-order valence-corrected chi connectivity index (χ4v) is 2.21. The van der Waals surface area contributed by atoms with E-state index in [0.717, 1.165) is 5.69 Å². The number of nitrogens with one attached hydrogen (secondary N) is 1. The van der Waals surface area contributed by atoms with Crippen LogP contribution in [0.25, 0.3) is 0 Å². The summed E-state index contributed by atoms with van der Waals surface area (Å²) in [6, 6.07) is 13.4. The van der Waals surface area contributed by atoms with Crippen LogP contribution in [-0.4, -0.2) is 6.26 Å². The van der Waals surface area contributed by atoms with Crippen molar-refractivity contribution < 1.29 is 4.39 Å². The van der Waals surface area contributed by atoms with Crippen LogP contribution in [0.3, 0.4) is 0 Å². The molecule has 18 heavy (non-hydrogen) atoms. The Balaban J connectivity index is 1.99. The number of thioether (sulfide) groups is 1. The van der Waals surface area contributed by atoms with Crippen molar-refractivity contribution in [2.45, 2.75) is 11.4 Å². The molecule has 0 heterocycles. The summed E-state index contributed by atoms with van der Waals surface area (Å²) in [5.74, 6) is -0.252. The molecule has 0 amide bonds. The van der Waals surface area contributed by atoms with Crippen molar-refractivity contribution in [3.05, 3.63) is 58.3 Å². The Kier molecular flexibility index (Phi) is 4.66. The Morgan fingerprint density at radius 1 is 1.17 bits per heavy atom. The van der Waals surface area contributed by atoms with Gasteiger partial charge in [0, 0.05) is 17.1 Å². The molecule has 1 nitrogen and oxygen atoms in total. The molecule has 2 rings (SSSR count). The quantitative estimate of drug-likeness (QED) is 0.800. The predicted octanol–water partition coefficient (Wildman–Crippen LogP) is 4.92. The third-order valence-electron chi connectivity index (χ3n) is 2.58. The molecular weight excluding hydrogens is 313 g/mol. The number of anilines is 1. The highest BCUT2D eigenvalue weighted by atomic mass is 79.9. The van der Waals surface area contributed by atoms with Gasteiger partial charge < -0.3 is 5.32 Å². The van der Waals surface area contributed by atoms with Crippen LogP contribution in [0.2, 0.25) is 0 Å². The Hall–Kier alpha value is -1.00. The molecule has 4 heteroatoms.